The van der Waals surface area contributed by atoms with Gasteiger partial charge in [0, 0.05) is 56.5 Å². The topological polar surface area (TPSA) is 72.1 Å². The molecule has 0 bridgehead atoms. The second kappa shape index (κ2) is 11.1. The lowest BCUT2D eigenvalue weighted by Gasteiger charge is -2.36. The predicted molar refractivity (Wildman–Crippen MR) is 147 cm³/mol. The molecule has 4 aromatic rings. The molecule has 0 atom stereocenters. The molecule has 0 aliphatic carbocycles. The zero-order valence-electron chi connectivity index (χ0n) is 23.3. The van der Waals surface area contributed by atoms with E-state index in [1.165, 1.54) is 6.07 Å². The highest BCUT2D eigenvalue weighted by atomic mass is 19.4. The summed E-state index contributed by atoms with van der Waals surface area (Å²) < 4.78 is 59.9. The van der Waals surface area contributed by atoms with Crippen molar-refractivity contribution in [2.75, 3.05) is 37.6 Å². The van der Waals surface area contributed by atoms with Gasteiger partial charge < -0.3 is 9.80 Å². The summed E-state index contributed by atoms with van der Waals surface area (Å²) in [4.78, 5) is 17.1. The second-order valence-electron chi connectivity index (χ2n) is 10.3. The number of benzene rings is 2. The van der Waals surface area contributed by atoms with E-state index in [9.17, 15) is 18.0 Å². The molecule has 8 nitrogen and oxygen atoms in total. The van der Waals surface area contributed by atoms with E-state index in [2.05, 4.69) is 20.3 Å². The SMILES string of the molecule is CCN1CCN(c2cc(C(=O)Cc3ccc(C)c(-n4cc(-c5cnn(C)c5C)nn4)c3)cc(C(F)(F)F)c2F)CC1. The summed E-state index contributed by atoms with van der Waals surface area (Å²) in [5, 5.41) is 12.7. The number of alkyl halides is 3. The highest BCUT2D eigenvalue weighted by molar-refractivity contribution is 5.98. The van der Waals surface area contributed by atoms with Crippen molar-refractivity contribution >= 4 is 11.5 Å². The Morgan fingerprint density at radius 1 is 1.02 bits per heavy atom. The standard InChI is InChI=1S/C29H31F4N7O/c1-5-38-8-10-39(11-9-38)26-15-21(14-23(28(26)30)29(31,32)33)27(41)13-20-7-6-18(2)25(12-20)40-17-24(35-36-40)22-16-34-37(4)19(22)3/h6-7,12,14-17H,5,8-11,13H2,1-4H3. The number of piperazine rings is 1. The molecule has 1 saturated heterocycles. The number of aryl methyl sites for hydroxylation is 2. The van der Waals surface area contributed by atoms with E-state index in [-0.39, 0.29) is 17.7 Å². The minimum Gasteiger partial charge on any atom is -0.367 e. The van der Waals surface area contributed by atoms with Crippen LogP contribution in [0, 0.1) is 19.7 Å². The highest BCUT2D eigenvalue weighted by Crippen LogP contribution is 2.37. The Labute approximate surface area is 235 Å². The molecule has 0 unspecified atom stereocenters. The summed E-state index contributed by atoms with van der Waals surface area (Å²) in [5.74, 6) is -1.88. The molecule has 1 aliphatic rings. The fraction of sp³-hybridized carbons (Fsp3) is 0.379. The first kappa shape index (κ1) is 28.5. The molecule has 12 heteroatoms. The lowest BCUT2D eigenvalue weighted by Crippen LogP contribution is -2.46. The van der Waals surface area contributed by atoms with Gasteiger partial charge in [-0.2, -0.15) is 18.3 Å². The molecule has 5 rings (SSSR count). The Bertz CT molecular complexity index is 1580. The Hall–Kier alpha value is -4.06. The van der Waals surface area contributed by atoms with E-state index < -0.39 is 23.3 Å². The van der Waals surface area contributed by atoms with E-state index in [0.29, 0.717) is 49.2 Å². The molecule has 1 fully saturated rings. The number of carbonyl (C=O) groups excluding carboxylic acids is 1. The van der Waals surface area contributed by atoms with Gasteiger partial charge >= 0.3 is 6.18 Å². The first-order chi connectivity index (χ1) is 19.5. The van der Waals surface area contributed by atoms with Gasteiger partial charge in [-0.3, -0.25) is 9.48 Å². The molecule has 2 aromatic heterocycles. The van der Waals surface area contributed by atoms with E-state index >= 15 is 4.39 Å². The highest BCUT2D eigenvalue weighted by Gasteiger charge is 2.37. The first-order valence-electron chi connectivity index (χ1n) is 13.4. The van der Waals surface area contributed by atoms with Crippen LogP contribution < -0.4 is 4.90 Å². The van der Waals surface area contributed by atoms with Crippen LogP contribution in [-0.2, 0) is 19.6 Å². The van der Waals surface area contributed by atoms with Crippen LogP contribution in [0.3, 0.4) is 0 Å². The van der Waals surface area contributed by atoms with Gasteiger partial charge in [0.1, 0.15) is 5.69 Å². The van der Waals surface area contributed by atoms with E-state index in [1.54, 1.807) is 38.8 Å². The van der Waals surface area contributed by atoms with Crippen molar-refractivity contribution in [2.45, 2.75) is 33.4 Å². The Kier molecular flexibility index (Phi) is 7.69. The third-order valence-corrected chi connectivity index (χ3v) is 7.73. The number of ketones is 1. The minimum atomic E-state index is -4.94. The van der Waals surface area contributed by atoms with Gasteiger partial charge in [-0.1, -0.05) is 24.3 Å². The van der Waals surface area contributed by atoms with E-state index in [1.807, 2.05) is 33.9 Å². The number of halogens is 4. The maximum Gasteiger partial charge on any atom is 0.419 e. The van der Waals surface area contributed by atoms with Crippen molar-refractivity contribution in [3.63, 3.8) is 0 Å². The molecule has 41 heavy (non-hydrogen) atoms. The summed E-state index contributed by atoms with van der Waals surface area (Å²) in [6.45, 7) is 8.57. The van der Waals surface area contributed by atoms with Crippen molar-refractivity contribution in [3.05, 3.63) is 76.5 Å². The average Bonchev–Trinajstić information content (AvgIpc) is 3.55. The lowest BCUT2D eigenvalue weighted by atomic mass is 9.98. The number of carbonyl (C=O) groups is 1. The number of Topliss-reactive ketones (excluding diaryl/α,β-unsaturated/α-hetero) is 1. The van der Waals surface area contributed by atoms with Gasteiger partial charge in [0.25, 0.3) is 0 Å². The zero-order valence-corrected chi connectivity index (χ0v) is 23.3. The summed E-state index contributed by atoms with van der Waals surface area (Å²) in [5.41, 5.74) is 2.74. The molecule has 2 aromatic carbocycles. The maximum absolute atomic E-state index is 15.1. The van der Waals surface area contributed by atoms with Crippen LogP contribution in [0.2, 0.25) is 0 Å². The van der Waals surface area contributed by atoms with Gasteiger partial charge in [0.05, 0.1) is 29.3 Å². The van der Waals surface area contributed by atoms with Crippen molar-refractivity contribution in [1.82, 2.24) is 29.7 Å². The van der Waals surface area contributed by atoms with Crippen LogP contribution in [0.5, 0.6) is 0 Å². The molecule has 216 valence electrons. The molecule has 0 N–H and O–H groups in total. The molecular formula is C29H31F4N7O. The summed E-state index contributed by atoms with van der Waals surface area (Å²) in [6.07, 6.45) is -1.63. The number of aromatic nitrogens is 5. The second-order valence-corrected chi connectivity index (χ2v) is 10.3. The molecule has 0 amide bonds. The minimum absolute atomic E-state index is 0.164. The zero-order chi connectivity index (χ0) is 29.5. The van der Waals surface area contributed by atoms with Gasteiger partial charge in [-0.25, -0.2) is 9.07 Å². The van der Waals surface area contributed by atoms with Crippen molar-refractivity contribution < 1.29 is 22.4 Å². The van der Waals surface area contributed by atoms with Crippen LogP contribution in [0.1, 0.15) is 39.7 Å². The first-order valence-corrected chi connectivity index (χ1v) is 13.4. The molecule has 0 radical (unpaired) electrons. The van der Waals surface area contributed by atoms with Crippen LogP contribution in [-0.4, -0.2) is 68.2 Å². The number of hydrogen-bond donors (Lipinski definition) is 0. The van der Waals surface area contributed by atoms with Crippen LogP contribution in [0.4, 0.5) is 23.2 Å². The maximum atomic E-state index is 15.1. The Balaban J connectivity index is 1.43. The third kappa shape index (κ3) is 5.74. The summed E-state index contributed by atoms with van der Waals surface area (Å²) in [6, 6.07) is 7.21. The van der Waals surface area contributed by atoms with E-state index in [4.69, 9.17) is 0 Å². The normalized spacial score (nSPS) is 14.6. The van der Waals surface area contributed by atoms with Crippen molar-refractivity contribution in [2.24, 2.45) is 7.05 Å². The summed E-state index contributed by atoms with van der Waals surface area (Å²) >= 11 is 0. The Morgan fingerprint density at radius 2 is 1.76 bits per heavy atom. The fourth-order valence-corrected chi connectivity index (χ4v) is 5.07. The largest absolute Gasteiger partial charge is 0.419 e. The smallest absolute Gasteiger partial charge is 0.367 e. The monoisotopic (exact) mass is 569 g/mol. The predicted octanol–water partition coefficient (Wildman–Crippen LogP) is 5.01. The quantitative estimate of drug-likeness (QED) is 0.230. The van der Waals surface area contributed by atoms with Gasteiger partial charge in [-0.05, 0) is 49.7 Å². The number of rotatable bonds is 7. The number of anilines is 1. The van der Waals surface area contributed by atoms with Crippen molar-refractivity contribution in [3.8, 4) is 16.9 Å². The number of likely N-dealkylation sites (N-methyl/N-ethyl adjacent to an activating group) is 1. The summed E-state index contributed by atoms with van der Waals surface area (Å²) in [7, 11) is 1.84. The molecule has 0 saturated carbocycles. The Morgan fingerprint density at radius 3 is 2.39 bits per heavy atom. The molecular weight excluding hydrogens is 538 g/mol. The van der Waals surface area contributed by atoms with Gasteiger partial charge in [-0.15, -0.1) is 5.10 Å². The van der Waals surface area contributed by atoms with E-state index in [0.717, 1.165) is 23.4 Å². The van der Waals surface area contributed by atoms with Gasteiger partial charge in [0.2, 0.25) is 0 Å². The van der Waals surface area contributed by atoms with Crippen LogP contribution in [0.15, 0.2) is 42.7 Å². The number of nitrogens with zero attached hydrogens (tertiary/aromatic N) is 7. The lowest BCUT2D eigenvalue weighted by molar-refractivity contribution is -0.139. The molecule has 1 aliphatic heterocycles. The van der Waals surface area contributed by atoms with Gasteiger partial charge in [0.15, 0.2) is 11.6 Å². The average molecular weight is 570 g/mol. The molecule has 0 spiro atoms. The van der Waals surface area contributed by atoms with Crippen LogP contribution >= 0.6 is 0 Å². The fourth-order valence-electron chi connectivity index (χ4n) is 5.07. The van der Waals surface area contributed by atoms with Crippen molar-refractivity contribution in [1.29, 1.82) is 0 Å². The third-order valence-electron chi connectivity index (χ3n) is 7.73. The van der Waals surface area contributed by atoms with Crippen LogP contribution in [0.25, 0.3) is 16.9 Å². The number of hydrogen-bond acceptors (Lipinski definition) is 6. The molecule has 3 heterocycles.